The number of aliphatic imine (C=N–C) groups is 1. The number of aromatic nitrogens is 1. The van der Waals surface area contributed by atoms with Crippen molar-refractivity contribution in [2.75, 3.05) is 33.0 Å². The van der Waals surface area contributed by atoms with E-state index in [2.05, 4.69) is 37.0 Å². The van der Waals surface area contributed by atoms with Gasteiger partial charge in [-0.2, -0.15) is 0 Å². The Morgan fingerprint density at radius 2 is 2.00 bits per heavy atom. The fourth-order valence-corrected chi connectivity index (χ4v) is 4.18. The molecule has 140 valence electrons. The third-order valence-corrected chi connectivity index (χ3v) is 5.49. The average Bonchev–Trinajstić information content (AvgIpc) is 2.94. The number of nitrogens with zero attached hydrogens (tertiary/aromatic N) is 2. The van der Waals surface area contributed by atoms with Crippen LogP contribution in [0.15, 0.2) is 23.2 Å². The lowest BCUT2D eigenvalue weighted by molar-refractivity contribution is 0.0665. The number of hydrogen-bond acceptors (Lipinski definition) is 4. The van der Waals surface area contributed by atoms with Crippen LogP contribution in [0, 0.1) is 5.92 Å². The lowest BCUT2D eigenvalue weighted by Gasteiger charge is -2.22. The van der Waals surface area contributed by atoms with Crippen LogP contribution in [0.5, 0.6) is 5.88 Å². The largest absolute Gasteiger partial charge is 0.494 e. The second-order valence-corrected chi connectivity index (χ2v) is 7.65. The molecule has 26 heavy (non-hydrogen) atoms. The van der Waals surface area contributed by atoms with Crippen LogP contribution < -0.4 is 0 Å². The standard InChI is InChI=1S/C21H28N2O3/c1-14(2)23-19-4-3-16(11-15-5-8-25-9-6-15)12-17(19)20(21(23)24)18-13-26-10-7-22-18/h3-4,12,14-15,24H,5-11,13H2,1-2H3. The highest BCUT2D eigenvalue weighted by atomic mass is 16.5. The highest BCUT2D eigenvalue weighted by molar-refractivity contribution is 6.14. The molecule has 0 atom stereocenters. The van der Waals surface area contributed by atoms with E-state index in [1.807, 2.05) is 4.57 Å². The Kier molecular flexibility index (Phi) is 5.00. The molecular formula is C21H28N2O3. The minimum Gasteiger partial charge on any atom is -0.494 e. The van der Waals surface area contributed by atoms with Crippen molar-refractivity contribution in [2.24, 2.45) is 10.9 Å². The molecule has 1 N–H and O–H groups in total. The van der Waals surface area contributed by atoms with Crippen molar-refractivity contribution < 1.29 is 14.6 Å². The first-order valence-corrected chi connectivity index (χ1v) is 9.70. The molecule has 5 heteroatoms. The summed E-state index contributed by atoms with van der Waals surface area (Å²) in [6, 6.07) is 6.78. The molecule has 0 amide bonds. The average molecular weight is 356 g/mol. The van der Waals surface area contributed by atoms with Crippen molar-refractivity contribution in [1.29, 1.82) is 0 Å². The first-order valence-electron chi connectivity index (χ1n) is 9.70. The summed E-state index contributed by atoms with van der Waals surface area (Å²) in [6.07, 6.45) is 3.32. The van der Waals surface area contributed by atoms with Crippen LogP contribution in [-0.4, -0.2) is 48.4 Å². The van der Waals surface area contributed by atoms with Gasteiger partial charge in [-0.25, -0.2) is 0 Å². The molecule has 4 rings (SSSR count). The Balaban J connectivity index is 1.78. The molecule has 1 fully saturated rings. The molecule has 0 saturated carbocycles. The normalized spacial score (nSPS) is 19.3. The first-order chi connectivity index (χ1) is 12.6. The van der Waals surface area contributed by atoms with Gasteiger partial charge in [0, 0.05) is 24.6 Å². The zero-order chi connectivity index (χ0) is 18.1. The molecule has 0 unspecified atom stereocenters. The maximum Gasteiger partial charge on any atom is 0.201 e. The summed E-state index contributed by atoms with van der Waals surface area (Å²) in [5.41, 5.74) is 4.10. The van der Waals surface area contributed by atoms with Crippen LogP contribution >= 0.6 is 0 Å². The molecule has 2 aliphatic rings. The lowest BCUT2D eigenvalue weighted by Crippen LogP contribution is -2.19. The van der Waals surface area contributed by atoms with E-state index < -0.39 is 0 Å². The van der Waals surface area contributed by atoms with Gasteiger partial charge in [0.1, 0.15) is 0 Å². The molecule has 0 aliphatic carbocycles. The molecule has 2 aliphatic heterocycles. The lowest BCUT2D eigenvalue weighted by atomic mass is 9.91. The van der Waals surface area contributed by atoms with Gasteiger partial charge >= 0.3 is 0 Å². The van der Waals surface area contributed by atoms with Crippen LogP contribution in [0.2, 0.25) is 0 Å². The smallest absolute Gasteiger partial charge is 0.201 e. The number of fused-ring (bicyclic) bond motifs is 1. The fourth-order valence-electron chi connectivity index (χ4n) is 4.18. The van der Waals surface area contributed by atoms with Gasteiger partial charge in [0.25, 0.3) is 0 Å². The molecule has 0 radical (unpaired) electrons. The van der Waals surface area contributed by atoms with Gasteiger partial charge < -0.3 is 19.1 Å². The maximum absolute atomic E-state index is 11.0. The van der Waals surface area contributed by atoms with Gasteiger partial charge in [-0.15, -0.1) is 0 Å². The second kappa shape index (κ2) is 7.41. The monoisotopic (exact) mass is 356 g/mol. The molecule has 0 bridgehead atoms. The van der Waals surface area contributed by atoms with Crippen molar-refractivity contribution in [3.63, 3.8) is 0 Å². The van der Waals surface area contributed by atoms with Crippen molar-refractivity contribution in [1.82, 2.24) is 4.57 Å². The van der Waals surface area contributed by atoms with Crippen molar-refractivity contribution in [3.8, 4) is 5.88 Å². The third-order valence-electron chi connectivity index (χ3n) is 5.49. The third kappa shape index (κ3) is 3.26. The molecule has 5 nitrogen and oxygen atoms in total. The summed E-state index contributed by atoms with van der Waals surface area (Å²) in [5, 5.41) is 12.0. The topological polar surface area (TPSA) is 56.0 Å². The van der Waals surface area contributed by atoms with Crippen molar-refractivity contribution >= 4 is 16.6 Å². The van der Waals surface area contributed by atoms with Gasteiger partial charge in [-0.1, -0.05) is 6.07 Å². The zero-order valence-corrected chi connectivity index (χ0v) is 15.7. The summed E-state index contributed by atoms with van der Waals surface area (Å²) < 4.78 is 13.1. The van der Waals surface area contributed by atoms with Crippen LogP contribution in [0.25, 0.3) is 10.9 Å². The molecule has 0 spiro atoms. The molecule has 1 aromatic carbocycles. The van der Waals surface area contributed by atoms with Crippen LogP contribution in [0.3, 0.4) is 0 Å². The van der Waals surface area contributed by atoms with E-state index in [-0.39, 0.29) is 6.04 Å². The van der Waals surface area contributed by atoms with Gasteiger partial charge in [-0.3, -0.25) is 4.99 Å². The maximum atomic E-state index is 11.0. The molecule has 1 saturated heterocycles. The number of rotatable bonds is 4. The summed E-state index contributed by atoms with van der Waals surface area (Å²) in [7, 11) is 0. The predicted molar refractivity (Wildman–Crippen MR) is 103 cm³/mol. The minimum atomic E-state index is 0.178. The molecule has 1 aromatic heterocycles. The number of ether oxygens (including phenoxy) is 2. The van der Waals surface area contributed by atoms with Gasteiger partial charge in [-0.05, 0) is 56.7 Å². The first kappa shape index (κ1) is 17.6. The summed E-state index contributed by atoms with van der Waals surface area (Å²) in [4.78, 5) is 4.63. The molecule has 3 heterocycles. The molecular weight excluding hydrogens is 328 g/mol. The van der Waals surface area contributed by atoms with Gasteiger partial charge in [0.2, 0.25) is 5.88 Å². The number of aromatic hydroxyl groups is 1. The highest BCUT2D eigenvalue weighted by Gasteiger charge is 2.24. The van der Waals surface area contributed by atoms with E-state index in [0.717, 1.165) is 54.7 Å². The van der Waals surface area contributed by atoms with Crippen LogP contribution in [0.1, 0.15) is 43.9 Å². The Labute approximate surface area is 154 Å². The predicted octanol–water partition coefficient (Wildman–Crippen LogP) is 3.72. The summed E-state index contributed by atoms with van der Waals surface area (Å²) in [5.74, 6) is 0.989. The second-order valence-electron chi connectivity index (χ2n) is 7.65. The van der Waals surface area contributed by atoms with Crippen molar-refractivity contribution in [3.05, 3.63) is 29.3 Å². The van der Waals surface area contributed by atoms with Crippen molar-refractivity contribution in [2.45, 2.75) is 39.2 Å². The Morgan fingerprint density at radius 1 is 1.19 bits per heavy atom. The Morgan fingerprint density at radius 3 is 2.69 bits per heavy atom. The Bertz CT molecular complexity index is 816. The van der Waals surface area contributed by atoms with E-state index in [9.17, 15) is 5.11 Å². The number of benzene rings is 1. The van der Waals surface area contributed by atoms with Gasteiger partial charge in [0.15, 0.2) is 0 Å². The van der Waals surface area contributed by atoms with E-state index >= 15 is 0 Å². The fraction of sp³-hybridized carbons (Fsp3) is 0.571. The zero-order valence-electron chi connectivity index (χ0n) is 15.7. The minimum absolute atomic E-state index is 0.178. The summed E-state index contributed by atoms with van der Waals surface area (Å²) >= 11 is 0. The van der Waals surface area contributed by atoms with E-state index in [0.29, 0.717) is 31.6 Å². The SMILES string of the molecule is CC(C)n1c(O)c(C2=NCCOC2)c2cc(CC3CCOCC3)ccc21. The number of hydrogen-bond donors (Lipinski definition) is 1. The van der Waals surface area contributed by atoms with Crippen LogP contribution in [0.4, 0.5) is 0 Å². The Hall–Kier alpha value is -1.85. The van der Waals surface area contributed by atoms with Gasteiger partial charge in [0.05, 0.1) is 36.6 Å². The summed E-state index contributed by atoms with van der Waals surface area (Å²) in [6.45, 7) is 7.71. The van der Waals surface area contributed by atoms with E-state index in [1.165, 1.54) is 5.56 Å². The quantitative estimate of drug-likeness (QED) is 0.908. The highest BCUT2D eigenvalue weighted by Crippen LogP contribution is 2.36. The van der Waals surface area contributed by atoms with E-state index in [1.54, 1.807) is 0 Å². The van der Waals surface area contributed by atoms with E-state index in [4.69, 9.17) is 9.47 Å². The molecule has 2 aromatic rings. The van der Waals surface area contributed by atoms with Crippen LogP contribution in [-0.2, 0) is 15.9 Å².